The second-order valence-corrected chi connectivity index (χ2v) is 12.4. The first-order valence-electron chi connectivity index (χ1n) is 13.2. The Morgan fingerprint density at radius 3 is 2.37 bits per heavy atom. The van der Waals surface area contributed by atoms with Crippen molar-refractivity contribution in [1.29, 1.82) is 5.26 Å². The van der Waals surface area contributed by atoms with E-state index < -0.39 is 41.3 Å². The monoisotopic (exact) mass is 600 g/mol. The van der Waals surface area contributed by atoms with Crippen molar-refractivity contribution in [2.24, 2.45) is 5.41 Å². The van der Waals surface area contributed by atoms with Crippen LogP contribution in [0.15, 0.2) is 60.7 Å². The van der Waals surface area contributed by atoms with E-state index in [4.69, 9.17) is 23.2 Å². The van der Waals surface area contributed by atoms with Gasteiger partial charge < -0.3 is 21.1 Å². The first-order chi connectivity index (χ1) is 19.3. The first-order valence-corrected chi connectivity index (χ1v) is 13.9. The maximum absolute atomic E-state index is 15.8. The van der Waals surface area contributed by atoms with Crippen LogP contribution in [0.3, 0.4) is 0 Å². The number of nitriles is 1. The summed E-state index contributed by atoms with van der Waals surface area (Å²) in [5, 5.41) is 31.6. The van der Waals surface area contributed by atoms with Crippen LogP contribution >= 0.6 is 23.2 Å². The van der Waals surface area contributed by atoms with Crippen LogP contribution in [0, 0.1) is 28.4 Å². The molecule has 3 aromatic carbocycles. The molecule has 10 heteroatoms. The number of aliphatic hydroxyl groups excluding tert-OH is 1. The second kappa shape index (κ2) is 11.9. The lowest BCUT2D eigenvalue weighted by atomic mass is 9.62. The minimum absolute atomic E-state index is 0.0462. The molecule has 4 N–H and O–H groups in total. The second-order valence-electron chi connectivity index (χ2n) is 11.6. The fraction of sp³-hybridized carbons (Fsp3) is 0.355. The summed E-state index contributed by atoms with van der Waals surface area (Å²) in [4.78, 5) is 11.4. The fourth-order valence-electron chi connectivity index (χ4n) is 5.77. The van der Waals surface area contributed by atoms with Crippen LogP contribution in [0.2, 0.25) is 10.0 Å². The molecule has 1 aliphatic rings. The normalized spacial score (nSPS) is 23.1. The highest BCUT2D eigenvalue weighted by atomic mass is 35.5. The molecule has 4 rings (SSSR count). The summed E-state index contributed by atoms with van der Waals surface area (Å²) in [5.74, 6) is -2.75. The molecule has 0 saturated carbocycles. The molecule has 1 saturated heterocycles. The predicted molar refractivity (Wildman–Crippen MR) is 158 cm³/mol. The van der Waals surface area contributed by atoms with Crippen molar-refractivity contribution in [3.63, 3.8) is 0 Å². The molecule has 5 unspecified atom stereocenters. The van der Waals surface area contributed by atoms with Gasteiger partial charge >= 0.3 is 0 Å². The molecular formula is C31H32Cl2F2N4O2. The summed E-state index contributed by atoms with van der Waals surface area (Å²) in [5.41, 5.74) is -0.780. The summed E-state index contributed by atoms with van der Waals surface area (Å²) in [6.45, 7) is 7.36. The number of aliphatic hydroxyl groups is 1. The molecule has 5 atom stereocenters. The molecule has 0 radical (unpaired) electrons. The maximum atomic E-state index is 15.8. The Hall–Kier alpha value is -3.22. The van der Waals surface area contributed by atoms with E-state index in [1.54, 1.807) is 30.3 Å². The van der Waals surface area contributed by atoms with Crippen LogP contribution in [-0.2, 0) is 10.2 Å². The molecule has 0 aromatic heterocycles. The summed E-state index contributed by atoms with van der Waals surface area (Å²) in [6, 6.07) is 15.9. The van der Waals surface area contributed by atoms with E-state index in [0.717, 1.165) is 6.07 Å². The van der Waals surface area contributed by atoms with Crippen molar-refractivity contribution in [1.82, 2.24) is 5.32 Å². The topological polar surface area (TPSA) is 97.2 Å². The van der Waals surface area contributed by atoms with Crippen LogP contribution in [0.5, 0.6) is 0 Å². The third-order valence-electron chi connectivity index (χ3n) is 7.35. The molecule has 1 heterocycles. The molecule has 1 amide bonds. The van der Waals surface area contributed by atoms with Gasteiger partial charge in [0.1, 0.15) is 23.3 Å². The van der Waals surface area contributed by atoms with Gasteiger partial charge in [-0.25, -0.2) is 8.78 Å². The van der Waals surface area contributed by atoms with Gasteiger partial charge in [0.25, 0.3) is 0 Å². The minimum Gasteiger partial charge on any atom is -0.372 e. The highest BCUT2D eigenvalue weighted by Crippen LogP contribution is 2.53. The van der Waals surface area contributed by atoms with E-state index in [-0.39, 0.29) is 32.5 Å². The Kier molecular flexibility index (Phi) is 8.95. The standard InChI is InChI=1S/C31H32Cl2F2N4O2/c1-17(40)37-19-9-11-20(12-10-19)38-29(41)28-26(21-6-5-7-23(33)27(21)35)31(16-36,25(39-28)15-30(2,3)4)22-13-8-18(32)14-24(22)34/h5-14,25-26,28-29,38-39,41H,15H2,1-4H3,(H,37,40). The van der Waals surface area contributed by atoms with E-state index in [0.29, 0.717) is 17.8 Å². The molecule has 1 fully saturated rings. The molecule has 41 heavy (non-hydrogen) atoms. The Balaban J connectivity index is 1.88. The number of anilines is 2. The van der Waals surface area contributed by atoms with E-state index in [9.17, 15) is 15.2 Å². The van der Waals surface area contributed by atoms with Crippen molar-refractivity contribution in [2.75, 3.05) is 10.6 Å². The highest BCUT2D eigenvalue weighted by Gasteiger charge is 2.60. The highest BCUT2D eigenvalue weighted by molar-refractivity contribution is 6.31. The number of carbonyl (C=O) groups excluding carboxylic acids is 1. The Morgan fingerprint density at radius 2 is 1.78 bits per heavy atom. The van der Waals surface area contributed by atoms with Crippen molar-refractivity contribution in [3.05, 3.63) is 93.5 Å². The van der Waals surface area contributed by atoms with Gasteiger partial charge in [-0.05, 0) is 59.9 Å². The SMILES string of the molecule is CC(=O)Nc1ccc(NC(O)C2NC(CC(C)(C)C)C(C#N)(c3ccc(Cl)cc3F)C2c2cccc(Cl)c2F)cc1. The third-order valence-corrected chi connectivity index (χ3v) is 7.87. The fourth-order valence-corrected chi connectivity index (χ4v) is 6.11. The zero-order valence-electron chi connectivity index (χ0n) is 23.1. The molecule has 1 aliphatic heterocycles. The molecule has 216 valence electrons. The number of amides is 1. The molecule has 3 aromatic rings. The minimum atomic E-state index is -1.66. The number of nitrogens with zero attached hydrogens (tertiary/aromatic N) is 1. The smallest absolute Gasteiger partial charge is 0.221 e. The van der Waals surface area contributed by atoms with Gasteiger partial charge in [0, 0.05) is 40.8 Å². The van der Waals surface area contributed by atoms with E-state index in [1.807, 2.05) is 20.8 Å². The number of nitrogens with one attached hydrogen (secondary N) is 3. The van der Waals surface area contributed by atoms with E-state index >= 15 is 8.78 Å². The molecule has 0 spiro atoms. The van der Waals surface area contributed by atoms with Gasteiger partial charge in [-0.15, -0.1) is 0 Å². The number of benzene rings is 3. The van der Waals surface area contributed by atoms with E-state index in [2.05, 4.69) is 22.0 Å². The third kappa shape index (κ3) is 6.34. The molecular weight excluding hydrogens is 569 g/mol. The van der Waals surface area contributed by atoms with Gasteiger partial charge in [0.2, 0.25) is 5.91 Å². The zero-order valence-corrected chi connectivity index (χ0v) is 24.6. The van der Waals surface area contributed by atoms with Gasteiger partial charge in [0.05, 0.1) is 17.1 Å². The number of halogens is 4. The number of hydrogen-bond donors (Lipinski definition) is 4. The van der Waals surface area contributed by atoms with Crippen LogP contribution in [0.4, 0.5) is 20.2 Å². The summed E-state index contributed by atoms with van der Waals surface area (Å²) in [6.07, 6.45) is -0.950. The predicted octanol–water partition coefficient (Wildman–Crippen LogP) is 6.98. The van der Waals surface area contributed by atoms with Crippen LogP contribution in [-0.4, -0.2) is 29.3 Å². The average Bonchev–Trinajstić information content (AvgIpc) is 3.19. The Bertz CT molecular complexity index is 1470. The maximum Gasteiger partial charge on any atom is 0.221 e. The number of hydrogen-bond acceptors (Lipinski definition) is 5. The average molecular weight is 602 g/mol. The molecule has 6 nitrogen and oxygen atoms in total. The largest absolute Gasteiger partial charge is 0.372 e. The number of rotatable bonds is 7. The summed E-state index contributed by atoms with van der Waals surface area (Å²) in [7, 11) is 0. The lowest BCUT2D eigenvalue weighted by molar-refractivity contribution is -0.114. The van der Waals surface area contributed by atoms with Crippen LogP contribution in [0.1, 0.15) is 51.2 Å². The Morgan fingerprint density at radius 1 is 1.12 bits per heavy atom. The summed E-state index contributed by atoms with van der Waals surface area (Å²) >= 11 is 12.3. The molecule has 0 aliphatic carbocycles. The van der Waals surface area contributed by atoms with Crippen molar-refractivity contribution in [2.45, 2.75) is 63.8 Å². The van der Waals surface area contributed by atoms with Gasteiger partial charge in [0.15, 0.2) is 0 Å². The van der Waals surface area contributed by atoms with Crippen molar-refractivity contribution >= 4 is 40.5 Å². The van der Waals surface area contributed by atoms with Gasteiger partial charge in [-0.3, -0.25) is 4.79 Å². The lowest BCUT2D eigenvalue weighted by Crippen LogP contribution is -2.45. The van der Waals surface area contributed by atoms with E-state index in [1.165, 1.54) is 31.2 Å². The zero-order chi connectivity index (χ0) is 30.1. The van der Waals surface area contributed by atoms with Crippen molar-refractivity contribution < 1.29 is 18.7 Å². The molecule has 0 bridgehead atoms. The van der Waals surface area contributed by atoms with Gasteiger partial charge in [-0.2, -0.15) is 5.26 Å². The van der Waals surface area contributed by atoms with Crippen LogP contribution < -0.4 is 16.0 Å². The summed E-state index contributed by atoms with van der Waals surface area (Å²) < 4.78 is 31.5. The van der Waals surface area contributed by atoms with Crippen molar-refractivity contribution in [3.8, 4) is 6.07 Å². The lowest BCUT2D eigenvalue weighted by Gasteiger charge is -2.38. The quantitative estimate of drug-likeness (QED) is 0.219. The number of carbonyl (C=O) groups is 1. The Labute approximate surface area is 248 Å². The van der Waals surface area contributed by atoms with Crippen LogP contribution in [0.25, 0.3) is 0 Å². The first kappa shape index (κ1) is 30.7. The van der Waals surface area contributed by atoms with Gasteiger partial charge in [-0.1, -0.05) is 62.2 Å².